The largest absolute Gasteiger partial charge is 0.352 e. The smallest absolute Gasteiger partial charge is 0.328 e. The maximum Gasteiger partial charge on any atom is 0.328 e. The Bertz CT molecular complexity index is 680. The number of benzene rings is 1. The van der Waals surface area contributed by atoms with Crippen LogP contribution in [0.25, 0.3) is 11.0 Å². The van der Waals surface area contributed by atoms with Crippen LogP contribution in [0, 0.1) is 5.92 Å². The molecule has 2 aromatic rings. The summed E-state index contributed by atoms with van der Waals surface area (Å²) in [5.74, 6) is 0.00635. The number of aryl methyl sites for hydroxylation is 2. The number of hydrogen-bond acceptors (Lipinski definition) is 2. The molecule has 0 saturated carbocycles. The molecule has 5 heteroatoms. The molecule has 19 heavy (non-hydrogen) atoms. The third kappa shape index (κ3) is 2.41. The van der Waals surface area contributed by atoms with E-state index in [4.69, 9.17) is 0 Å². The second-order valence-corrected chi connectivity index (χ2v) is 5.10. The van der Waals surface area contributed by atoms with E-state index in [0.29, 0.717) is 6.54 Å². The number of aromatic nitrogens is 2. The summed E-state index contributed by atoms with van der Waals surface area (Å²) in [5, 5.41) is 2.87. The molecule has 0 radical (unpaired) electrons. The highest BCUT2D eigenvalue weighted by Gasteiger charge is 2.09. The van der Waals surface area contributed by atoms with E-state index in [9.17, 15) is 9.59 Å². The molecule has 1 N–H and O–H groups in total. The van der Waals surface area contributed by atoms with Gasteiger partial charge in [-0.25, -0.2) is 4.79 Å². The standard InChI is InChI=1S/C14H19N3O2/c1-9(2)13(18)15-8-10-5-6-11-12(7-10)17(4)14(19)16(11)3/h5-7,9H,8H2,1-4H3,(H,15,18). The molecule has 2 rings (SSSR count). The van der Waals surface area contributed by atoms with Crippen molar-refractivity contribution in [3.05, 3.63) is 34.2 Å². The molecule has 0 atom stereocenters. The number of rotatable bonds is 3. The van der Waals surface area contributed by atoms with E-state index in [1.807, 2.05) is 32.0 Å². The van der Waals surface area contributed by atoms with E-state index in [2.05, 4.69) is 5.32 Å². The van der Waals surface area contributed by atoms with Crippen LogP contribution in [-0.4, -0.2) is 15.0 Å². The van der Waals surface area contributed by atoms with Crippen molar-refractivity contribution in [3.63, 3.8) is 0 Å². The Balaban J connectivity index is 2.30. The number of amides is 1. The van der Waals surface area contributed by atoms with Gasteiger partial charge in [-0.15, -0.1) is 0 Å². The molecule has 0 aliphatic rings. The van der Waals surface area contributed by atoms with Crippen LogP contribution >= 0.6 is 0 Å². The SMILES string of the molecule is CC(C)C(=O)NCc1ccc2c(c1)n(C)c(=O)n2C. The zero-order valence-electron chi connectivity index (χ0n) is 11.7. The summed E-state index contributed by atoms with van der Waals surface area (Å²) in [6.07, 6.45) is 0. The van der Waals surface area contributed by atoms with Gasteiger partial charge in [0, 0.05) is 26.6 Å². The highest BCUT2D eigenvalue weighted by atomic mass is 16.2. The minimum absolute atomic E-state index is 0.0233. The van der Waals surface area contributed by atoms with E-state index in [-0.39, 0.29) is 17.5 Å². The fraction of sp³-hybridized carbons (Fsp3) is 0.429. The Morgan fingerprint density at radius 3 is 2.47 bits per heavy atom. The van der Waals surface area contributed by atoms with Crippen LogP contribution in [0.1, 0.15) is 19.4 Å². The maximum atomic E-state index is 11.8. The molecule has 0 spiro atoms. The van der Waals surface area contributed by atoms with Gasteiger partial charge in [-0.1, -0.05) is 19.9 Å². The predicted octanol–water partition coefficient (Wildman–Crippen LogP) is 1.15. The molecule has 1 aromatic carbocycles. The third-order valence-electron chi connectivity index (χ3n) is 3.33. The number of hydrogen-bond donors (Lipinski definition) is 1. The van der Waals surface area contributed by atoms with Gasteiger partial charge in [-0.3, -0.25) is 13.9 Å². The zero-order chi connectivity index (χ0) is 14.2. The summed E-state index contributed by atoms with van der Waals surface area (Å²) in [6, 6.07) is 5.79. The van der Waals surface area contributed by atoms with Crippen molar-refractivity contribution in [1.82, 2.24) is 14.5 Å². The van der Waals surface area contributed by atoms with Crippen molar-refractivity contribution < 1.29 is 4.79 Å². The fourth-order valence-corrected chi connectivity index (χ4v) is 2.06. The normalized spacial score (nSPS) is 11.2. The molecular weight excluding hydrogens is 242 g/mol. The van der Waals surface area contributed by atoms with E-state index < -0.39 is 0 Å². The summed E-state index contributed by atoms with van der Waals surface area (Å²) >= 11 is 0. The second kappa shape index (κ2) is 4.91. The number of nitrogens with one attached hydrogen (secondary N) is 1. The zero-order valence-corrected chi connectivity index (χ0v) is 11.7. The molecule has 0 saturated heterocycles. The summed E-state index contributed by atoms with van der Waals surface area (Å²) in [5.41, 5.74) is 2.72. The lowest BCUT2D eigenvalue weighted by Crippen LogP contribution is -2.27. The lowest BCUT2D eigenvalue weighted by molar-refractivity contribution is -0.124. The first-order chi connectivity index (χ1) is 8.91. The summed E-state index contributed by atoms with van der Waals surface area (Å²) < 4.78 is 3.23. The topological polar surface area (TPSA) is 56.0 Å². The molecule has 1 heterocycles. The number of carbonyl (C=O) groups excluding carboxylic acids is 1. The number of carbonyl (C=O) groups is 1. The Kier molecular flexibility index (Phi) is 3.46. The van der Waals surface area contributed by atoms with Crippen LogP contribution in [0.2, 0.25) is 0 Å². The van der Waals surface area contributed by atoms with Crippen LogP contribution in [0.3, 0.4) is 0 Å². The van der Waals surface area contributed by atoms with Crippen molar-refractivity contribution in [3.8, 4) is 0 Å². The molecule has 0 fully saturated rings. The van der Waals surface area contributed by atoms with Crippen molar-refractivity contribution in [2.45, 2.75) is 20.4 Å². The van der Waals surface area contributed by atoms with Gasteiger partial charge in [0.1, 0.15) is 0 Å². The van der Waals surface area contributed by atoms with Gasteiger partial charge in [-0.2, -0.15) is 0 Å². The van der Waals surface area contributed by atoms with Gasteiger partial charge < -0.3 is 5.32 Å². The summed E-state index contributed by atoms with van der Waals surface area (Å²) in [6.45, 7) is 4.20. The van der Waals surface area contributed by atoms with Gasteiger partial charge >= 0.3 is 5.69 Å². The minimum Gasteiger partial charge on any atom is -0.352 e. The highest BCUT2D eigenvalue weighted by molar-refractivity contribution is 5.79. The molecule has 0 unspecified atom stereocenters. The van der Waals surface area contributed by atoms with Gasteiger partial charge in [0.05, 0.1) is 11.0 Å². The molecule has 1 aromatic heterocycles. The van der Waals surface area contributed by atoms with Gasteiger partial charge in [0.25, 0.3) is 0 Å². The molecule has 5 nitrogen and oxygen atoms in total. The first-order valence-electron chi connectivity index (χ1n) is 6.34. The summed E-state index contributed by atoms with van der Waals surface area (Å²) in [7, 11) is 3.51. The molecular formula is C14H19N3O2. The third-order valence-corrected chi connectivity index (χ3v) is 3.33. The molecule has 102 valence electrons. The van der Waals surface area contributed by atoms with Gasteiger partial charge in [-0.05, 0) is 17.7 Å². The monoisotopic (exact) mass is 261 g/mol. The summed E-state index contributed by atoms with van der Waals surface area (Å²) in [4.78, 5) is 23.3. The fourth-order valence-electron chi connectivity index (χ4n) is 2.06. The minimum atomic E-state index is -0.0432. The van der Waals surface area contributed by atoms with Crippen molar-refractivity contribution in [1.29, 1.82) is 0 Å². The number of nitrogens with zero attached hydrogens (tertiary/aromatic N) is 2. The Morgan fingerprint density at radius 1 is 1.21 bits per heavy atom. The van der Waals surface area contributed by atoms with Crippen LogP contribution in [0.15, 0.2) is 23.0 Å². The Morgan fingerprint density at radius 2 is 1.84 bits per heavy atom. The van der Waals surface area contributed by atoms with Crippen LogP contribution in [0.5, 0.6) is 0 Å². The van der Waals surface area contributed by atoms with Crippen LogP contribution < -0.4 is 11.0 Å². The first-order valence-corrected chi connectivity index (χ1v) is 6.34. The average molecular weight is 261 g/mol. The number of fused-ring (bicyclic) bond motifs is 1. The van der Waals surface area contributed by atoms with E-state index in [0.717, 1.165) is 16.6 Å². The van der Waals surface area contributed by atoms with Crippen LogP contribution in [0.4, 0.5) is 0 Å². The maximum absolute atomic E-state index is 11.8. The van der Waals surface area contributed by atoms with Crippen LogP contribution in [-0.2, 0) is 25.4 Å². The lowest BCUT2D eigenvalue weighted by atomic mass is 10.1. The van der Waals surface area contributed by atoms with Gasteiger partial charge in [0.2, 0.25) is 5.91 Å². The van der Waals surface area contributed by atoms with E-state index in [1.165, 1.54) is 0 Å². The Hall–Kier alpha value is -2.04. The molecule has 0 aliphatic carbocycles. The molecule has 1 amide bonds. The highest BCUT2D eigenvalue weighted by Crippen LogP contribution is 2.14. The molecule has 0 aliphatic heterocycles. The Labute approximate surface area is 111 Å². The van der Waals surface area contributed by atoms with E-state index in [1.54, 1.807) is 23.2 Å². The van der Waals surface area contributed by atoms with Crippen molar-refractivity contribution in [2.75, 3.05) is 0 Å². The predicted molar refractivity (Wildman–Crippen MR) is 74.8 cm³/mol. The average Bonchev–Trinajstić information content (AvgIpc) is 2.61. The van der Waals surface area contributed by atoms with Crippen molar-refractivity contribution in [2.24, 2.45) is 20.0 Å². The quantitative estimate of drug-likeness (QED) is 0.901. The second-order valence-electron chi connectivity index (χ2n) is 5.10. The number of imidazole rings is 1. The molecule has 0 bridgehead atoms. The van der Waals surface area contributed by atoms with Crippen molar-refractivity contribution >= 4 is 16.9 Å². The van der Waals surface area contributed by atoms with Gasteiger partial charge in [0.15, 0.2) is 0 Å². The first kappa shape index (κ1) is 13.4. The van der Waals surface area contributed by atoms with E-state index >= 15 is 0 Å². The lowest BCUT2D eigenvalue weighted by Gasteiger charge is -2.08.